The van der Waals surface area contributed by atoms with E-state index in [0.29, 0.717) is 10.9 Å². The fourth-order valence-corrected chi connectivity index (χ4v) is 3.92. The number of anilines is 1. The molecule has 2 aromatic rings. The molecule has 26 heavy (non-hydrogen) atoms. The number of fused-ring (bicyclic) bond motifs is 1. The van der Waals surface area contributed by atoms with Gasteiger partial charge in [0.15, 0.2) is 0 Å². The van der Waals surface area contributed by atoms with Crippen molar-refractivity contribution in [1.29, 1.82) is 0 Å². The summed E-state index contributed by atoms with van der Waals surface area (Å²) in [7, 11) is 3.87. The number of halogens is 1. The predicted octanol–water partition coefficient (Wildman–Crippen LogP) is 6.13. The lowest BCUT2D eigenvalue weighted by atomic mass is 9.80. The normalized spacial score (nSPS) is 18.9. The first-order valence-corrected chi connectivity index (χ1v) is 9.36. The van der Waals surface area contributed by atoms with Crippen LogP contribution in [-0.2, 0) is 0 Å². The molecule has 0 fully saturated rings. The summed E-state index contributed by atoms with van der Waals surface area (Å²) in [6.45, 7) is 8.90. The Morgan fingerprint density at radius 1 is 1.27 bits per heavy atom. The van der Waals surface area contributed by atoms with Gasteiger partial charge in [0.1, 0.15) is 5.75 Å². The molecule has 2 aromatic carbocycles. The zero-order valence-electron chi connectivity index (χ0n) is 16.4. The largest absolute Gasteiger partial charge is 0.496 e. The second kappa shape index (κ2) is 6.96. The third-order valence-corrected chi connectivity index (χ3v) is 5.73. The molecule has 1 unspecified atom stereocenters. The van der Waals surface area contributed by atoms with Crippen LogP contribution in [0.3, 0.4) is 0 Å². The zero-order chi connectivity index (χ0) is 19.1. The molecule has 0 N–H and O–H groups in total. The van der Waals surface area contributed by atoms with Gasteiger partial charge in [0, 0.05) is 41.1 Å². The maximum absolute atomic E-state index is 6.11. The molecule has 1 atom stereocenters. The number of nitrogens with zero attached hydrogens (tertiary/aromatic N) is 2. The highest BCUT2D eigenvalue weighted by Crippen LogP contribution is 2.44. The summed E-state index contributed by atoms with van der Waals surface area (Å²) in [5.41, 5.74) is 5.68. The van der Waals surface area contributed by atoms with E-state index in [1.807, 2.05) is 31.3 Å². The van der Waals surface area contributed by atoms with E-state index in [1.54, 1.807) is 7.11 Å². The minimum Gasteiger partial charge on any atom is -0.496 e. The summed E-state index contributed by atoms with van der Waals surface area (Å²) in [4.78, 5) is 7.02. The number of rotatable bonds is 3. The van der Waals surface area contributed by atoms with Crippen LogP contribution in [0.2, 0.25) is 5.02 Å². The van der Waals surface area contributed by atoms with Gasteiger partial charge in [0.25, 0.3) is 0 Å². The van der Waals surface area contributed by atoms with Gasteiger partial charge in [-0.05, 0) is 62.4 Å². The van der Waals surface area contributed by atoms with Gasteiger partial charge >= 0.3 is 0 Å². The highest BCUT2D eigenvalue weighted by molar-refractivity contribution is 6.30. The Labute approximate surface area is 161 Å². The van der Waals surface area contributed by atoms with E-state index in [2.05, 4.69) is 49.8 Å². The van der Waals surface area contributed by atoms with Crippen molar-refractivity contribution in [2.75, 3.05) is 19.1 Å². The van der Waals surface area contributed by atoms with Crippen LogP contribution >= 0.6 is 11.6 Å². The smallest absolute Gasteiger partial charge is 0.129 e. The minimum atomic E-state index is 0.130. The summed E-state index contributed by atoms with van der Waals surface area (Å²) < 4.78 is 5.66. The summed E-state index contributed by atoms with van der Waals surface area (Å²) in [6, 6.07) is 10.1. The van der Waals surface area contributed by atoms with E-state index in [4.69, 9.17) is 16.3 Å². The van der Waals surface area contributed by atoms with Gasteiger partial charge in [-0.15, -0.1) is 0 Å². The SMILES string of the molecule is COc1cc2c(cc1C=Nc1cc(Cl)ccc1C)C(C)CC(C)(C)N2C. The molecule has 138 valence electrons. The molecular formula is C22H27ClN2O. The van der Waals surface area contributed by atoms with Crippen LogP contribution in [0.15, 0.2) is 35.3 Å². The van der Waals surface area contributed by atoms with Crippen LogP contribution in [-0.4, -0.2) is 25.9 Å². The highest BCUT2D eigenvalue weighted by atomic mass is 35.5. The third kappa shape index (κ3) is 3.45. The molecule has 0 spiro atoms. The molecule has 1 aliphatic rings. The standard InChI is InChI=1S/C22H27ClN2O/c1-14-7-8-17(23)10-19(14)24-13-16-9-18-15(2)12-22(3,4)25(5)20(18)11-21(16)26-6/h7-11,13,15H,12H2,1-6H3. The summed E-state index contributed by atoms with van der Waals surface area (Å²) in [6.07, 6.45) is 3.00. The second-order valence-electron chi connectivity index (χ2n) is 7.82. The maximum atomic E-state index is 6.11. The molecule has 3 rings (SSSR count). The highest BCUT2D eigenvalue weighted by Gasteiger charge is 2.34. The van der Waals surface area contributed by atoms with E-state index < -0.39 is 0 Å². The van der Waals surface area contributed by atoms with Crippen molar-refractivity contribution in [2.24, 2.45) is 4.99 Å². The summed E-state index contributed by atoms with van der Waals surface area (Å²) in [5.74, 6) is 1.33. The van der Waals surface area contributed by atoms with Crippen LogP contribution in [0.1, 0.15) is 49.8 Å². The quantitative estimate of drug-likeness (QED) is 0.607. The van der Waals surface area contributed by atoms with Gasteiger partial charge in [0.2, 0.25) is 0 Å². The van der Waals surface area contributed by atoms with Gasteiger partial charge in [-0.1, -0.05) is 24.6 Å². The van der Waals surface area contributed by atoms with Crippen molar-refractivity contribution in [2.45, 2.75) is 45.6 Å². The Bertz CT molecular complexity index is 857. The molecule has 0 aliphatic carbocycles. The number of hydrogen-bond acceptors (Lipinski definition) is 3. The Hall–Kier alpha value is -2.00. The lowest BCUT2D eigenvalue weighted by Crippen LogP contribution is -2.45. The van der Waals surface area contributed by atoms with Gasteiger partial charge in [-0.2, -0.15) is 0 Å². The molecule has 0 saturated carbocycles. The molecule has 1 heterocycles. The first-order valence-electron chi connectivity index (χ1n) is 8.99. The second-order valence-corrected chi connectivity index (χ2v) is 8.26. The first-order chi connectivity index (χ1) is 12.2. The summed E-state index contributed by atoms with van der Waals surface area (Å²) in [5, 5.41) is 0.692. The Balaban J connectivity index is 2.05. The van der Waals surface area contributed by atoms with Gasteiger partial charge < -0.3 is 9.64 Å². The van der Waals surface area contributed by atoms with Crippen molar-refractivity contribution in [3.05, 3.63) is 52.0 Å². The van der Waals surface area contributed by atoms with Gasteiger partial charge in [-0.3, -0.25) is 4.99 Å². The van der Waals surface area contributed by atoms with Crippen LogP contribution in [0.4, 0.5) is 11.4 Å². The molecule has 0 radical (unpaired) electrons. The molecule has 0 saturated heterocycles. The van der Waals surface area contributed by atoms with Crippen molar-refractivity contribution >= 4 is 29.2 Å². The topological polar surface area (TPSA) is 24.8 Å². The Morgan fingerprint density at radius 2 is 2.00 bits per heavy atom. The Kier molecular flexibility index (Phi) is 5.03. The molecule has 0 amide bonds. The molecule has 0 bridgehead atoms. The first kappa shape index (κ1) is 18.8. The summed E-state index contributed by atoms with van der Waals surface area (Å²) >= 11 is 6.11. The van der Waals surface area contributed by atoms with Gasteiger partial charge in [-0.25, -0.2) is 0 Å². The van der Waals surface area contributed by atoms with Crippen LogP contribution in [0.25, 0.3) is 0 Å². The van der Waals surface area contributed by atoms with Crippen molar-refractivity contribution in [3.8, 4) is 5.75 Å². The third-order valence-electron chi connectivity index (χ3n) is 5.50. The van der Waals surface area contributed by atoms with Crippen LogP contribution in [0.5, 0.6) is 5.75 Å². The van der Waals surface area contributed by atoms with Crippen LogP contribution in [0, 0.1) is 6.92 Å². The fourth-order valence-electron chi connectivity index (χ4n) is 3.75. The van der Waals surface area contributed by atoms with E-state index in [0.717, 1.165) is 29.0 Å². The van der Waals surface area contributed by atoms with Crippen molar-refractivity contribution in [1.82, 2.24) is 0 Å². The monoisotopic (exact) mass is 370 g/mol. The van der Waals surface area contributed by atoms with Crippen molar-refractivity contribution in [3.63, 3.8) is 0 Å². The Morgan fingerprint density at radius 3 is 2.69 bits per heavy atom. The average Bonchev–Trinajstić information content (AvgIpc) is 2.59. The van der Waals surface area contributed by atoms with Crippen LogP contribution < -0.4 is 9.64 Å². The number of methoxy groups -OCH3 is 1. The fraction of sp³-hybridized carbons (Fsp3) is 0.409. The number of aryl methyl sites for hydroxylation is 1. The number of aliphatic imine (C=N–C) groups is 1. The molecule has 4 heteroatoms. The molecule has 3 nitrogen and oxygen atoms in total. The molecule has 0 aromatic heterocycles. The zero-order valence-corrected chi connectivity index (χ0v) is 17.2. The van der Waals surface area contributed by atoms with E-state index >= 15 is 0 Å². The van der Waals surface area contributed by atoms with Gasteiger partial charge in [0.05, 0.1) is 12.8 Å². The van der Waals surface area contributed by atoms with Crippen molar-refractivity contribution < 1.29 is 4.74 Å². The lowest BCUT2D eigenvalue weighted by Gasteiger charge is -2.45. The maximum Gasteiger partial charge on any atom is 0.129 e. The number of ether oxygens (including phenoxy) is 1. The molecule has 1 aliphatic heterocycles. The van der Waals surface area contributed by atoms with E-state index in [1.165, 1.54) is 11.3 Å². The number of hydrogen-bond donors (Lipinski definition) is 0. The predicted molar refractivity (Wildman–Crippen MR) is 112 cm³/mol. The minimum absolute atomic E-state index is 0.130. The number of benzene rings is 2. The van der Waals surface area contributed by atoms with E-state index in [9.17, 15) is 0 Å². The average molecular weight is 371 g/mol. The van der Waals surface area contributed by atoms with E-state index in [-0.39, 0.29) is 5.54 Å². The molecular weight excluding hydrogens is 344 g/mol. The lowest BCUT2D eigenvalue weighted by molar-refractivity contribution is 0.389.